The van der Waals surface area contributed by atoms with Crippen molar-refractivity contribution < 1.29 is 4.79 Å². The molecule has 0 aromatic rings. The van der Waals surface area contributed by atoms with E-state index < -0.39 is 6.04 Å². The Morgan fingerprint density at radius 2 is 2.36 bits per heavy atom. The van der Waals surface area contributed by atoms with E-state index in [4.69, 9.17) is 11.0 Å². The third-order valence-electron chi connectivity index (χ3n) is 2.12. The molecule has 1 fully saturated rings. The van der Waals surface area contributed by atoms with Gasteiger partial charge in [-0.25, -0.2) is 0 Å². The molecule has 3 atom stereocenters. The number of carbonyl (C=O) groups is 1. The smallest absolute Gasteiger partial charge is 0.236 e. The molecule has 4 N–H and O–H groups in total. The summed E-state index contributed by atoms with van der Waals surface area (Å²) in [6.45, 7) is 2.91. The van der Waals surface area contributed by atoms with Crippen molar-refractivity contribution in [3.8, 4) is 6.07 Å². The molecule has 1 aliphatic heterocycles. The molecule has 0 aromatic heterocycles. The van der Waals surface area contributed by atoms with Crippen LogP contribution in [0.15, 0.2) is 0 Å². The van der Waals surface area contributed by atoms with Crippen molar-refractivity contribution >= 4 is 18.3 Å². The van der Waals surface area contributed by atoms with Crippen LogP contribution < -0.4 is 16.4 Å². The van der Waals surface area contributed by atoms with Crippen LogP contribution in [-0.2, 0) is 4.79 Å². The summed E-state index contributed by atoms with van der Waals surface area (Å²) in [5.41, 5.74) is 5.39. The van der Waals surface area contributed by atoms with Gasteiger partial charge in [0.05, 0.1) is 24.1 Å². The molecule has 5 nitrogen and oxygen atoms in total. The van der Waals surface area contributed by atoms with Gasteiger partial charge in [-0.1, -0.05) is 0 Å². The van der Waals surface area contributed by atoms with Crippen LogP contribution in [0.25, 0.3) is 0 Å². The van der Waals surface area contributed by atoms with Crippen molar-refractivity contribution in [3.63, 3.8) is 0 Å². The normalized spacial score (nSPS) is 27.2. The standard InChI is InChI=1S/C8H14N4O.ClH/c1-5(10)8(13)12-7-4-11-3-6(7)2-9;/h5-7,11H,3-4,10H2,1H3,(H,12,13);1H/t5-,6?,7?;/m0./s1. The van der Waals surface area contributed by atoms with Crippen LogP contribution in [-0.4, -0.2) is 31.1 Å². The van der Waals surface area contributed by atoms with Crippen molar-refractivity contribution in [2.45, 2.75) is 19.0 Å². The van der Waals surface area contributed by atoms with Crippen LogP contribution in [0.1, 0.15) is 6.92 Å². The molecular weight excluding hydrogens is 204 g/mol. The molecule has 1 saturated heterocycles. The number of nitriles is 1. The quantitative estimate of drug-likeness (QED) is 0.554. The Kier molecular flexibility index (Phi) is 5.46. The largest absolute Gasteiger partial charge is 0.349 e. The number of halogens is 1. The fourth-order valence-corrected chi connectivity index (χ4v) is 1.28. The minimum atomic E-state index is -0.514. The molecule has 2 unspecified atom stereocenters. The predicted molar refractivity (Wildman–Crippen MR) is 54.8 cm³/mol. The lowest BCUT2D eigenvalue weighted by atomic mass is 10.1. The van der Waals surface area contributed by atoms with E-state index in [9.17, 15) is 4.79 Å². The van der Waals surface area contributed by atoms with Gasteiger partial charge in [0.1, 0.15) is 0 Å². The number of hydrogen-bond acceptors (Lipinski definition) is 4. The van der Waals surface area contributed by atoms with Crippen LogP contribution >= 0.6 is 12.4 Å². The zero-order chi connectivity index (χ0) is 9.84. The first kappa shape index (κ1) is 13.2. The van der Waals surface area contributed by atoms with Gasteiger partial charge in [0.25, 0.3) is 0 Å². The molecule has 0 saturated carbocycles. The number of rotatable bonds is 2. The fraction of sp³-hybridized carbons (Fsp3) is 0.750. The van der Waals surface area contributed by atoms with Crippen molar-refractivity contribution in [3.05, 3.63) is 0 Å². The highest BCUT2D eigenvalue weighted by atomic mass is 35.5. The number of nitrogens with zero attached hydrogens (tertiary/aromatic N) is 1. The maximum atomic E-state index is 11.2. The van der Waals surface area contributed by atoms with Gasteiger partial charge in [-0.2, -0.15) is 5.26 Å². The highest BCUT2D eigenvalue weighted by Gasteiger charge is 2.28. The molecule has 1 heterocycles. The maximum Gasteiger partial charge on any atom is 0.236 e. The summed E-state index contributed by atoms with van der Waals surface area (Å²) in [5, 5.41) is 14.5. The lowest BCUT2D eigenvalue weighted by Gasteiger charge is -2.15. The second-order valence-electron chi connectivity index (χ2n) is 3.30. The second kappa shape index (κ2) is 5.81. The highest BCUT2D eigenvalue weighted by Crippen LogP contribution is 2.07. The zero-order valence-corrected chi connectivity index (χ0v) is 8.80. The number of nitrogens with two attached hydrogens (primary N) is 1. The topological polar surface area (TPSA) is 90.9 Å². The van der Waals surface area contributed by atoms with Crippen molar-refractivity contribution in [1.82, 2.24) is 10.6 Å². The Bertz CT molecular complexity index is 238. The number of nitrogens with one attached hydrogen (secondary N) is 2. The highest BCUT2D eigenvalue weighted by molar-refractivity contribution is 5.85. The third-order valence-corrected chi connectivity index (χ3v) is 2.12. The average Bonchev–Trinajstić information content (AvgIpc) is 2.51. The summed E-state index contributed by atoms with van der Waals surface area (Å²) in [6, 6.07) is 1.53. The number of hydrogen-bond donors (Lipinski definition) is 3. The molecule has 0 radical (unpaired) electrons. The van der Waals surface area contributed by atoms with E-state index in [1.54, 1.807) is 6.92 Å². The van der Waals surface area contributed by atoms with Gasteiger partial charge in [0, 0.05) is 13.1 Å². The molecule has 1 aliphatic rings. The Hall–Kier alpha value is -0.830. The molecule has 14 heavy (non-hydrogen) atoms. The van der Waals surface area contributed by atoms with E-state index in [1.807, 2.05) is 0 Å². The Morgan fingerprint density at radius 1 is 1.71 bits per heavy atom. The van der Waals surface area contributed by atoms with Crippen molar-refractivity contribution in [2.24, 2.45) is 11.7 Å². The molecule has 1 rings (SSSR count). The maximum absolute atomic E-state index is 11.2. The number of amides is 1. The van der Waals surface area contributed by atoms with E-state index in [-0.39, 0.29) is 30.3 Å². The fourth-order valence-electron chi connectivity index (χ4n) is 1.28. The Morgan fingerprint density at radius 3 is 2.86 bits per heavy atom. The molecule has 0 bridgehead atoms. The molecule has 0 spiro atoms. The first-order valence-electron chi connectivity index (χ1n) is 4.31. The minimum Gasteiger partial charge on any atom is -0.349 e. The van der Waals surface area contributed by atoms with Gasteiger partial charge in [-0.3, -0.25) is 4.79 Å². The first-order chi connectivity index (χ1) is 6.15. The molecule has 0 aromatic carbocycles. The lowest BCUT2D eigenvalue weighted by molar-refractivity contribution is -0.122. The van der Waals surface area contributed by atoms with Gasteiger partial charge < -0.3 is 16.4 Å². The van der Waals surface area contributed by atoms with E-state index >= 15 is 0 Å². The van der Waals surface area contributed by atoms with Crippen LogP contribution in [0.5, 0.6) is 0 Å². The van der Waals surface area contributed by atoms with Crippen LogP contribution in [0, 0.1) is 17.2 Å². The molecular formula is C8H15ClN4O. The van der Waals surface area contributed by atoms with Crippen molar-refractivity contribution in [1.29, 1.82) is 5.26 Å². The molecule has 1 amide bonds. The van der Waals surface area contributed by atoms with E-state index in [0.29, 0.717) is 13.1 Å². The van der Waals surface area contributed by atoms with Gasteiger partial charge >= 0.3 is 0 Å². The van der Waals surface area contributed by atoms with E-state index in [0.717, 1.165) is 0 Å². The molecule has 0 aliphatic carbocycles. The molecule has 80 valence electrons. The zero-order valence-electron chi connectivity index (χ0n) is 7.99. The monoisotopic (exact) mass is 218 g/mol. The minimum absolute atomic E-state index is 0. The average molecular weight is 219 g/mol. The van der Waals surface area contributed by atoms with Gasteiger partial charge in [-0.05, 0) is 6.92 Å². The van der Waals surface area contributed by atoms with E-state index in [1.165, 1.54) is 0 Å². The van der Waals surface area contributed by atoms with Crippen LogP contribution in [0.4, 0.5) is 0 Å². The van der Waals surface area contributed by atoms with Gasteiger partial charge in [0.2, 0.25) is 5.91 Å². The lowest BCUT2D eigenvalue weighted by Crippen LogP contribution is -2.46. The van der Waals surface area contributed by atoms with Crippen molar-refractivity contribution in [2.75, 3.05) is 13.1 Å². The summed E-state index contributed by atoms with van der Waals surface area (Å²) >= 11 is 0. The third kappa shape index (κ3) is 3.14. The van der Waals surface area contributed by atoms with Gasteiger partial charge in [-0.15, -0.1) is 12.4 Å². The Balaban J connectivity index is 0.00000169. The van der Waals surface area contributed by atoms with E-state index in [2.05, 4.69) is 16.7 Å². The summed E-state index contributed by atoms with van der Waals surface area (Å²) in [7, 11) is 0. The Labute approximate surface area is 89.4 Å². The van der Waals surface area contributed by atoms with Crippen LogP contribution in [0.3, 0.4) is 0 Å². The summed E-state index contributed by atoms with van der Waals surface area (Å²) in [6.07, 6.45) is 0. The predicted octanol–water partition coefficient (Wildman–Crippen LogP) is -1.02. The first-order valence-corrected chi connectivity index (χ1v) is 4.31. The summed E-state index contributed by atoms with van der Waals surface area (Å²) in [4.78, 5) is 11.2. The summed E-state index contributed by atoms with van der Waals surface area (Å²) in [5.74, 6) is -0.336. The SMILES string of the molecule is C[C@H](N)C(=O)NC1CNCC1C#N.Cl. The second-order valence-corrected chi connectivity index (χ2v) is 3.30. The van der Waals surface area contributed by atoms with Gasteiger partial charge in [0.15, 0.2) is 0 Å². The van der Waals surface area contributed by atoms with Crippen LogP contribution in [0.2, 0.25) is 0 Å². The summed E-state index contributed by atoms with van der Waals surface area (Å²) < 4.78 is 0. The molecule has 6 heteroatoms. The number of carbonyl (C=O) groups excluding carboxylic acids is 1.